The van der Waals surface area contributed by atoms with Gasteiger partial charge in [-0.05, 0) is 37.1 Å². The van der Waals surface area contributed by atoms with Crippen LogP contribution in [0.4, 0.5) is 5.69 Å². The zero-order valence-electron chi connectivity index (χ0n) is 21.9. The molecule has 1 amide bonds. The molecule has 0 saturated carbocycles. The van der Waals surface area contributed by atoms with Crippen LogP contribution in [0, 0.1) is 5.92 Å². The van der Waals surface area contributed by atoms with Crippen molar-refractivity contribution in [2.45, 2.75) is 44.9 Å². The van der Waals surface area contributed by atoms with E-state index in [1.54, 1.807) is 0 Å². The second kappa shape index (κ2) is 11.6. The Morgan fingerprint density at radius 3 is 2.24 bits per heavy atom. The molecule has 0 radical (unpaired) electrons. The minimum absolute atomic E-state index is 0.117. The van der Waals surface area contributed by atoms with Crippen LogP contribution in [0.5, 0.6) is 0 Å². The number of ether oxygens (including phenoxy) is 2. The van der Waals surface area contributed by atoms with E-state index in [0.717, 1.165) is 45.0 Å². The summed E-state index contributed by atoms with van der Waals surface area (Å²) in [5, 5.41) is 3.01. The Hall–Kier alpha value is -1.60. The van der Waals surface area contributed by atoms with Crippen molar-refractivity contribution < 1.29 is 22.7 Å². The normalized spacial score (nSPS) is 26.5. The van der Waals surface area contributed by atoms with Crippen molar-refractivity contribution >= 4 is 21.8 Å². The standard InChI is InChI=1S/C26H41N5O5S/c1-2-28-14-16-29(17-15-28)20-22-5-7-24(8-6-22)27-25(32)23-4-3-11-31(21-23)37(33,34)30-12-9-26(10-13-30)35-18-19-36-26/h5-8,23H,2-4,9-21H2,1H3,(H,27,32)/t23-/m1/s1. The Morgan fingerprint density at radius 1 is 0.946 bits per heavy atom. The van der Waals surface area contributed by atoms with Crippen LogP contribution in [-0.4, -0.2) is 111 Å². The summed E-state index contributed by atoms with van der Waals surface area (Å²) in [6.07, 6.45) is 2.43. The van der Waals surface area contributed by atoms with Crippen molar-refractivity contribution in [2.75, 3.05) is 77.4 Å². The van der Waals surface area contributed by atoms with Crippen molar-refractivity contribution in [3.8, 4) is 0 Å². The topological polar surface area (TPSA) is 94.7 Å². The van der Waals surface area contributed by atoms with Crippen LogP contribution in [0.1, 0.15) is 38.2 Å². The molecule has 1 aromatic carbocycles. The summed E-state index contributed by atoms with van der Waals surface area (Å²) in [4.78, 5) is 18.0. The van der Waals surface area contributed by atoms with Crippen LogP contribution in [0.15, 0.2) is 24.3 Å². The number of piperazine rings is 1. The molecular weight excluding hydrogens is 494 g/mol. The van der Waals surface area contributed by atoms with Gasteiger partial charge in [-0.25, -0.2) is 0 Å². The Balaban J connectivity index is 1.11. The lowest BCUT2D eigenvalue weighted by atomic mass is 9.98. The number of piperidine rings is 2. The van der Waals surface area contributed by atoms with Gasteiger partial charge >= 0.3 is 0 Å². The largest absolute Gasteiger partial charge is 0.347 e. The van der Waals surface area contributed by atoms with Crippen LogP contribution in [-0.2, 0) is 31.0 Å². The first kappa shape index (κ1) is 27.0. The fourth-order valence-electron chi connectivity index (χ4n) is 5.83. The molecule has 1 spiro atoms. The molecule has 0 bridgehead atoms. The molecule has 0 aliphatic carbocycles. The molecule has 1 atom stereocenters. The van der Waals surface area contributed by atoms with E-state index in [1.807, 2.05) is 12.1 Å². The zero-order valence-corrected chi connectivity index (χ0v) is 22.8. The van der Waals surface area contributed by atoms with Gasteiger partial charge in [-0.1, -0.05) is 19.1 Å². The van der Waals surface area contributed by atoms with Gasteiger partial charge < -0.3 is 19.7 Å². The Labute approximate surface area is 221 Å². The van der Waals surface area contributed by atoms with Crippen LogP contribution >= 0.6 is 0 Å². The maximum atomic E-state index is 13.3. The summed E-state index contributed by atoms with van der Waals surface area (Å²) in [5.41, 5.74) is 1.98. The van der Waals surface area contributed by atoms with Crippen LogP contribution in [0.2, 0.25) is 0 Å². The zero-order chi connectivity index (χ0) is 25.9. The SMILES string of the molecule is CCN1CCN(Cc2ccc(NC(=O)[C@@H]3CCCN(S(=O)(=O)N4CCC5(CC4)OCCO5)C3)cc2)CC1. The van der Waals surface area contributed by atoms with Gasteiger partial charge in [-0.3, -0.25) is 9.69 Å². The van der Waals surface area contributed by atoms with Crippen LogP contribution < -0.4 is 5.32 Å². The molecule has 4 fully saturated rings. The molecule has 1 aromatic rings. The van der Waals surface area contributed by atoms with E-state index in [-0.39, 0.29) is 18.4 Å². The first-order chi connectivity index (χ1) is 17.9. The first-order valence-electron chi connectivity index (χ1n) is 13.7. The molecule has 10 nitrogen and oxygen atoms in total. The first-order valence-corrected chi connectivity index (χ1v) is 15.1. The summed E-state index contributed by atoms with van der Waals surface area (Å²) in [5.74, 6) is -1.10. The van der Waals surface area contributed by atoms with E-state index in [1.165, 1.54) is 14.2 Å². The number of nitrogens with one attached hydrogen (secondary N) is 1. The van der Waals surface area contributed by atoms with E-state index in [9.17, 15) is 13.2 Å². The summed E-state index contributed by atoms with van der Waals surface area (Å²) >= 11 is 0. The average molecular weight is 536 g/mol. The number of hydrogen-bond donors (Lipinski definition) is 1. The molecule has 1 N–H and O–H groups in total. The smallest absolute Gasteiger partial charge is 0.282 e. The van der Waals surface area contributed by atoms with Crippen molar-refractivity contribution in [3.05, 3.63) is 29.8 Å². The summed E-state index contributed by atoms with van der Waals surface area (Å²) < 4.78 is 41.1. The van der Waals surface area contributed by atoms with Gasteiger partial charge in [0.1, 0.15) is 0 Å². The van der Waals surface area contributed by atoms with Crippen molar-refractivity contribution in [2.24, 2.45) is 5.92 Å². The van der Waals surface area contributed by atoms with Gasteiger partial charge in [0.05, 0.1) is 19.1 Å². The molecule has 4 aliphatic rings. The van der Waals surface area contributed by atoms with E-state index < -0.39 is 16.0 Å². The van der Waals surface area contributed by atoms with Gasteiger partial charge in [-0.2, -0.15) is 17.0 Å². The Bertz CT molecular complexity index is 1010. The maximum Gasteiger partial charge on any atom is 0.282 e. The quantitative estimate of drug-likeness (QED) is 0.566. The number of likely N-dealkylation sites (N-methyl/N-ethyl adjacent to an activating group) is 1. The minimum atomic E-state index is -3.63. The van der Waals surface area contributed by atoms with Crippen LogP contribution in [0.3, 0.4) is 0 Å². The predicted octanol–water partition coefficient (Wildman–Crippen LogP) is 1.56. The summed E-state index contributed by atoms with van der Waals surface area (Å²) in [6, 6.07) is 8.04. The molecule has 4 aliphatic heterocycles. The number of amides is 1. The Morgan fingerprint density at radius 2 is 1.59 bits per heavy atom. The molecule has 0 aromatic heterocycles. The van der Waals surface area contributed by atoms with Gasteiger partial charge in [0.15, 0.2) is 5.79 Å². The van der Waals surface area contributed by atoms with Crippen LogP contribution in [0.25, 0.3) is 0 Å². The number of benzene rings is 1. The highest BCUT2D eigenvalue weighted by atomic mass is 32.2. The molecule has 206 valence electrons. The van der Waals surface area contributed by atoms with E-state index >= 15 is 0 Å². The fraction of sp³-hybridized carbons (Fsp3) is 0.731. The number of rotatable bonds is 7. The van der Waals surface area contributed by atoms with E-state index in [2.05, 4.69) is 34.2 Å². The molecule has 4 saturated heterocycles. The lowest BCUT2D eigenvalue weighted by Crippen LogP contribution is -2.54. The third-order valence-corrected chi connectivity index (χ3v) is 10.2. The second-order valence-electron chi connectivity index (χ2n) is 10.6. The van der Waals surface area contributed by atoms with E-state index in [0.29, 0.717) is 58.5 Å². The average Bonchev–Trinajstić information content (AvgIpc) is 3.38. The highest BCUT2D eigenvalue weighted by Crippen LogP contribution is 2.33. The summed E-state index contributed by atoms with van der Waals surface area (Å²) in [7, 11) is -3.63. The summed E-state index contributed by atoms with van der Waals surface area (Å²) in [6.45, 7) is 11.1. The third-order valence-electron chi connectivity index (χ3n) is 8.25. The molecular formula is C26H41N5O5S. The van der Waals surface area contributed by atoms with Crippen molar-refractivity contribution in [1.29, 1.82) is 0 Å². The number of nitrogens with zero attached hydrogens (tertiary/aromatic N) is 4. The lowest BCUT2D eigenvalue weighted by Gasteiger charge is -2.40. The Kier molecular flexibility index (Phi) is 8.49. The van der Waals surface area contributed by atoms with Gasteiger partial charge in [0.25, 0.3) is 10.2 Å². The maximum absolute atomic E-state index is 13.3. The number of carbonyl (C=O) groups excluding carboxylic acids is 1. The number of hydrogen-bond acceptors (Lipinski definition) is 7. The third kappa shape index (κ3) is 6.35. The van der Waals surface area contributed by atoms with E-state index in [4.69, 9.17) is 9.47 Å². The molecule has 11 heteroatoms. The van der Waals surface area contributed by atoms with Crippen molar-refractivity contribution in [1.82, 2.24) is 18.4 Å². The second-order valence-corrected chi connectivity index (χ2v) is 12.5. The monoisotopic (exact) mass is 535 g/mol. The van der Waals surface area contributed by atoms with Gasteiger partial charge in [0.2, 0.25) is 5.91 Å². The van der Waals surface area contributed by atoms with Crippen molar-refractivity contribution in [3.63, 3.8) is 0 Å². The highest BCUT2D eigenvalue weighted by Gasteiger charge is 2.44. The minimum Gasteiger partial charge on any atom is -0.347 e. The highest BCUT2D eigenvalue weighted by molar-refractivity contribution is 7.86. The fourth-order valence-corrected chi connectivity index (χ4v) is 7.53. The number of carbonyl (C=O) groups is 1. The lowest BCUT2D eigenvalue weighted by molar-refractivity contribution is -0.179. The predicted molar refractivity (Wildman–Crippen MR) is 141 cm³/mol. The molecule has 5 rings (SSSR count). The van der Waals surface area contributed by atoms with Gasteiger partial charge in [0, 0.05) is 77.4 Å². The molecule has 37 heavy (non-hydrogen) atoms. The number of anilines is 1. The molecule has 4 heterocycles. The molecule has 0 unspecified atom stereocenters. The van der Waals surface area contributed by atoms with Gasteiger partial charge in [-0.15, -0.1) is 0 Å².